The maximum atomic E-state index is 6.57. The number of hydrogen-bond acceptors (Lipinski definition) is 2. The van der Waals surface area contributed by atoms with Crippen LogP contribution in [0.1, 0.15) is 71.6 Å². The first kappa shape index (κ1) is 13.4. The van der Waals surface area contributed by atoms with Crippen molar-refractivity contribution in [2.75, 3.05) is 0 Å². The van der Waals surface area contributed by atoms with Gasteiger partial charge in [-0.1, -0.05) is 39.5 Å². The molecule has 4 N–H and O–H groups in total. The van der Waals surface area contributed by atoms with Crippen LogP contribution in [0.5, 0.6) is 0 Å². The fourth-order valence-corrected chi connectivity index (χ4v) is 4.06. The maximum absolute atomic E-state index is 6.57. The van der Waals surface area contributed by atoms with Gasteiger partial charge in [0.2, 0.25) is 0 Å². The Kier molecular flexibility index (Phi) is 3.84. The molecule has 2 fully saturated rings. The molecule has 2 aliphatic rings. The molecule has 0 radical (unpaired) electrons. The number of rotatable bonds is 2. The molecular formula is C15H30N2. The second kappa shape index (κ2) is 4.89. The third-order valence-corrected chi connectivity index (χ3v) is 5.22. The fourth-order valence-electron chi connectivity index (χ4n) is 4.06. The predicted molar refractivity (Wildman–Crippen MR) is 73.4 cm³/mol. The van der Waals surface area contributed by atoms with E-state index in [1.54, 1.807) is 0 Å². The SMILES string of the molecule is CC1(C)CCCC(C(N)(N)C2CCCCC2)C1. The Hall–Kier alpha value is -0.0800. The maximum Gasteiger partial charge on any atom is 0.0694 e. The van der Waals surface area contributed by atoms with Gasteiger partial charge in [-0.3, -0.25) is 0 Å². The lowest BCUT2D eigenvalue weighted by Gasteiger charge is -2.47. The van der Waals surface area contributed by atoms with Gasteiger partial charge in [-0.25, -0.2) is 0 Å². The van der Waals surface area contributed by atoms with E-state index in [1.807, 2.05) is 0 Å². The van der Waals surface area contributed by atoms with Gasteiger partial charge >= 0.3 is 0 Å². The number of nitrogens with two attached hydrogens (primary N) is 2. The van der Waals surface area contributed by atoms with Crippen LogP contribution in [0.15, 0.2) is 0 Å². The van der Waals surface area contributed by atoms with Gasteiger partial charge in [0.15, 0.2) is 0 Å². The van der Waals surface area contributed by atoms with Crippen LogP contribution in [0.4, 0.5) is 0 Å². The van der Waals surface area contributed by atoms with Crippen molar-refractivity contribution >= 4 is 0 Å². The van der Waals surface area contributed by atoms with Crippen molar-refractivity contribution in [1.82, 2.24) is 0 Å². The standard InChI is InChI=1S/C15H30N2/c1-14(2)10-6-9-13(11-14)15(16,17)12-7-4-3-5-8-12/h12-13H,3-11,16-17H2,1-2H3. The van der Waals surface area contributed by atoms with Crippen LogP contribution in [0, 0.1) is 17.3 Å². The van der Waals surface area contributed by atoms with Crippen molar-refractivity contribution in [3.05, 3.63) is 0 Å². The van der Waals surface area contributed by atoms with Crippen molar-refractivity contribution in [3.8, 4) is 0 Å². The zero-order valence-electron chi connectivity index (χ0n) is 11.7. The molecule has 0 aromatic carbocycles. The summed E-state index contributed by atoms with van der Waals surface area (Å²) in [5.74, 6) is 1.10. The molecule has 100 valence electrons. The summed E-state index contributed by atoms with van der Waals surface area (Å²) in [4.78, 5) is 0. The zero-order chi connectivity index (χ0) is 12.5. The molecule has 0 aromatic rings. The first-order chi connectivity index (χ1) is 7.92. The summed E-state index contributed by atoms with van der Waals surface area (Å²) in [6, 6.07) is 0. The molecular weight excluding hydrogens is 208 g/mol. The van der Waals surface area contributed by atoms with E-state index >= 15 is 0 Å². The van der Waals surface area contributed by atoms with E-state index in [4.69, 9.17) is 11.5 Å². The van der Waals surface area contributed by atoms with Gasteiger partial charge in [-0.15, -0.1) is 0 Å². The highest BCUT2D eigenvalue weighted by atomic mass is 15.0. The largest absolute Gasteiger partial charge is 0.313 e. The van der Waals surface area contributed by atoms with Crippen LogP contribution >= 0.6 is 0 Å². The Balaban J connectivity index is 2.03. The molecule has 0 aromatic heterocycles. The van der Waals surface area contributed by atoms with E-state index in [2.05, 4.69) is 13.8 Å². The van der Waals surface area contributed by atoms with Gasteiger partial charge in [-0.2, -0.15) is 0 Å². The summed E-state index contributed by atoms with van der Waals surface area (Å²) in [5.41, 5.74) is 13.2. The molecule has 0 spiro atoms. The lowest BCUT2D eigenvalue weighted by Crippen LogP contribution is -2.62. The molecule has 2 heteroatoms. The van der Waals surface area contributed by atoms with Crippen molar-refractivity contribution in [2.45, 2.75) is 77.3 Å². The van der Waals surface area contributed by atoms with E-state index in [0.29, 0.717) is 17.3 Å². The van der Waals surface area contributed by atoms with Crippen molar-refractivity contribution in [2.24, 2.45) is 28.7 Å². The molecule has 2 saturated carbocycles. The van der Waals surface area contributed by atoms with Gasteiger partial charge < -0.3 is 11.5 Å². The summed E-state index contributed by atoms with van der Waals surface area (Å²) in [6.07, 6.45) is 11.7. The van der Waals surface area contributed by atoms with Crippen molar-refractivity contribution in [3.63, 3.8) is 0 Å². The summed E-state index contributed by atoms with van der Waals surface area (Å²) in [5, 5.41) is 0. The molecule has 0 aliphatic heterocycles. The van der Waals surface area contributed by atoms with Crippen molar-refractivity contribution < 1.29 is 0 Å². The highest BCUT2D eigenvalue weighted by Crippen LogP contribution is 2.44. The molecule has 1 atom stereocenters. The van der Waals surface area contributed by atoms with E-state index < -0.39 is 5.66 Å². The van der Waals surface area contributed by atoms with Gasteiger partial charge in [-0.05, 0) is 49.4 Å². The average molecular weight is 238 g/mol. The first-order valence-corrected chi connectivity index (χ1v) is 7.49. The normalized spacial score (nSPS) is 31.4. The number of hydrogen-bond donors (Lipinski definition) is 2. The van der Waals surface area contributed by atoms with Crippen LogP contribution in [-0.4, -0.2) is 5.66 Å². The van der Waals surface area contributed by atoms with Crippen LogP contribution < -0.4 is 11.5 Å². The monoisotopic (exact) mass is 238 g/mol. The van der Waals surface area contributed by atoms with E-state index in [1.165, 1.54) is 57.8 Å². The zero-order valence-corrected chi connectivity index (χ0v) is 11.7. The van der Waals surface area contributed by atoms with Crippen LogP contribution in [0.25, 0.3) is 0 Å². The second-order valence-corrected chi connectivity index (χ2v) is 7.29. The van der Waals surface area contributed by atoms with Crippen LogP contribution in [-0.2, 0) is 0 Å². The van der Waals surface area contributed by atoms with Crippen LogP contribution in [0.3, 0.4) is 0 Å². The van der Waals surface area contributed by atoms with Crippen LogP contribution in [0.2, 0.25) is 0 Å². The fraction of sp³-hybridized carbons (Fsp3) is 1.00. The topological polar surface area (TPSA) is 52.0 Å². The van der Waals surface area contributed by atoms with E-state index in [9.17, 15) is 0 Å². The Bertz CT molecular complexity index is 252. The summed E-state index contributed by atoms with van der Waals surface area (Å²) in [6.45, 7) is 4.74. The lowest BCUT2D eigenvalue weighted by atomic mass is 9.64. The molecule has 0 saturated heterocycles. The predicted octanol–water partition coefficient (Wildman–Crippen LogP) is 3.40. The smallest absolute Gasteiger partial charge is 0.0694 e. The third-order valence-electron chi connectivity index (χ3n) is 5.22. The Morgan fingerprint density at radius 1 is 0.882 bits per heavy atom. The summed E-state index contributed by atoms with van der Waals surface area (Å²) >= 11 is 0. The molecule has 0 bridgehead atoms. The van der Waals surface area contributed by atoms with Gasteiger partial charge in [0.05, 0.1) is 5.66 Å². The average Bonchev–Trinajstić information content (AvgIpc) is 2.29. The molecule has 0 amide bonds. The molecule has 0 heterocycles. The molecule has 2 nitrogen and oxygen atoms in total. The van der Waals surface area contributed by atoms with E-state index in [-0.39, 0.29) is 0 Å². The second-order valence-electron chi connectivity index (χ2n) is 7.29. The Morgan fingerprint density at radius 2 is 1.47 bits per heavy atom. The minimum absolute atomic E-state index is 0.405. The highest BCUT2D eigenvalue weighted by molar-refractivity contribution is 4.96. The summed E-state index contributed by atoms with van der Waals surface area (Å²) in [7, 11) is 0. The molecule has 2 rings (SSSR count). The van der Waals surface area contributed by atoms with Gasteiger partial charge in [0, 0.05) is 0 Å². The molecule has 1 unspecified atom stereocenters. The van der Waals surface area contributed by atoms with Crippen molar-refractivity contribution in [1.29, 1.82) is 0 Å². The first-order valence-electron chi connectivity index (χ1n) is 7.49. The Morgan fingerprint density at radius 3 is 2.06 bits per heavy atom. The molecule has 17 heavy (non-hydrogen) atoms. The Labute approximate surface area is 107 Å². The highest BCUT2D eigenvalue weighted by Gasteiger charge is 2.42. The minimum atomic E-state index is -0.405. The van der Waals surface area contributed by atoms with E-state index in [0.717, 1.165) is 0 Å². The quantitative estimate of drug-likeness (QED) is 0.724. The molecule has 2 aliphatic carbocycles. The lowest BCUT2D eigenvalue weighted by molar-refractivity contribution is 0.0641. The third kappa shape index (κ3) is 3.03. The van der Waals surface area contributed by atoms with Gasteiger partial charge in [0.25, 0.3) is 0 Å². The summed E-state index contributed by atoms with van der Waals surface area (Å²) < 4.78 is 0. The minimum Gasteiger partial charge on any atom is -0.313 e. The van der Waals surface area contributed by atoms with Gasteiger partial charge in [0.1, 0.15) is 0 Å².